The van der Waals surface area contributed by atoms with Crippen LogP contribution >= 0.6 is 0 Å². The van der Waals surface area contributed by atoms with Crippen molar-refractivity contribution >= 4 is 11.9 Å². The Morgan fingerprint density at radius 1 is 1.38 bits per heavy atom. The zero-order valence-corrected chi connectivity index (χ0v) is 9.90. The summed E-state index contributed by atoms with van der Waals surface area (Å²) in [7, 11) is 3.73. The summed E-state index contributed by atoms with van der Waals surface area (Å²) in [6.45, 7) is 2.88. The third kappa shape index (κ3) is 2.08. The molecule has 0 aliphatic carbocycles. The molecule has 0 saturated carbocycles. The van der Waals surface area contributed by atoms with Crippen molar-refractivity contribution in [1.29, 1.82) is 0 Å². The van der Waals surface area contributed by atoms with Crippen LogP contribution in [0.15, 0.2) is 35.0 Å². The van der Waals surface area contributed by atoms with Gasteiger partial charge in [0.05, 0.1) is 19.4 Å². The summed E-state index contributed by atoms with van der Waals surface area (Å²) in [5.74, 6) is 1.94. The van der Waals surface area contributed by atoms with E-state index in [1.54, 1.807) is 7.11 Å². The zero-order valence-electron chi connectivity index (χ0n) is 9.90. The van der Waals surface area contributed by atoms with Gasteiger partial charge in [0.1, 0.15) is 11.6 Å². The van der Waals surface area contributed by atoms with E-state index in [1.807, 2.05) is 38.2 Å². The van der Waals surface area contributed by atoms with Gasteiger partial charge < -0.3 is 9.64 Å². The number of hydrogen-bond acceptors (Lipinski definition) is 3. The van der Waals surface area contributed by atoms with Crippen LogP contribution in [-0.2, 0) is 0 Å². The lowest BCUT2D eigenvalue weighted by molar-refractivity contribution is 0.414. The lowest BCUT2D eigenvalue weighted by Gasteiger charge is -2.08. The highest BCUT2D eigenvalue weighted by Gasteiger charge is 2.12. The molecule has 0 amide bonds. The quantitative estimate of drug-likeness (QED) is 0.758. The van der Waals surface area contributed by atoms with Crippen molar-refractivity contribution in [3.05, 3.63) is 35.5 Å². The number of rotatable bonds is 2. The van der Waals surface area contributed by atoms with Crippen molar-refractivity contribution in [1.82, 2.24) is 4.90 Å². The molecule has 0 saturated heterocycles. The third-order valence-electron chi connectivity index (χ3n) is 2.72. The first-order valence-corrected chi connectivity index (χ1v) is 5.30. The number of amidine groups is 1. The minimum Gasteiger partial charge on any atom is -0.496 e. The molecule has 0 atom stereocenters. The van der Waals surface area contributed by atoms with E-state index >= 15 is 0 Å². The van der Waals surface area contributed by atoms with Crippen LogP contribution in [0.4, 0.5) is 0 Å². The SMILES string of the molecule is COc1ccccc1C=C1CN(C)C(C)=N1. The van der Waals surface area contributed by atoms with Crippen LogP contribution < -0.4 is 4.74 Å². The van der Waals surface area contributed by atoms with Gasteiger partial charge in [0.15, 0.2) is 0 Å². The Hall–Kier alpha value is -1.77. The van der Waals surface area contributed by atoms with Crippen LogP contribution in [-0.4, -0.2) is 31.4 Å². The first-order chi connectivity index (χ1) is 7.70. The number of benzene rings is 1. The Balaban J connectivity index is 2.30. The largest absolute Gasteiger partial charge is 0.496 e. The molecule has 0 spiro atoms. The summed E-state index contributed by atoms with van der Waals surface area (Å²) in [4.78, 5) is 6.61. The van der Waals surface area contributed by atoms with E-state index in [0.29, 0.717) is 0 Å². The molecule has 1 aromatic carbocycles. The van der Waals surface area contributed by atoms with Gasteiger partial charge in [-0.3, -0.25) is 0 Å². The lowest BCUT2D eigenvalue weighted by atomic mass is 10.1. The number of nitrogens with zero attached hydrogens (tertiary/aromatic N) is 2. The summed E-state index contributed by atoms with van der Waals surface area (Å²) < 4.78 is 5.30. The molecule has 1 aliphatic rings. The predicted molar refractivity (Wildman–Crippen MR) is 66.7 cm³/mol. The van der Waals surface area contributed by atoms with Crippen molar-refractivity contribution in [2.45, 2.75) is 6.92 Å². The summed E-state index contributed by atoms with van der Waals surface area (Å²) in [5.41, 5.74) is 2.15. The fourth-order valence-electron chi connectivity index (χ4n) is 1.73. The van der Waals surface area contributed by atoms with Crippen LogP contribution in [0.25, 0.3) is 6.08 Å². The van der Waals surface area contributed by atoms with Gasteiger partial charge in [-0.15, -0.1) is 0 Å². The van der Waals surface area contributed by atoms with Crippen LogP contribution in [0.2, 0.25) is 0 Å². The molecule has 0 radical (unpaired) electrons. The summed E-state index contributed by atoms with van der Waals surface area (Å²) in [6, 6.07) is 7.97. The fourth-order valence-corrected chi connectivity index (χ4v) is 1.73. The first-order valence-electron chi connectivity index (χ1n) is 5.30. The summed E-state index contributed by atoms with van der Waals surface area (Å²) in [6.07, 6.45) is 2.08. The number of aliphatic imine (C=N–C) groups is 1. The Bertz CT molecular complexity index is 449. The second-order valence-corrected chi connectivity index (χ2v) is 3.89. The first kappa shape index (κ1) is 10.7. The van der Waals surface area contributed by atoms with Crippen LogP contribution in [0, 0.1) is 0 Å². The smallest absolute Gasteiger partial charge is 0.126 e. The van der Waals surface area contributed by atoms with Crippen molar-refractivity contribution in [3.8, 4) is 5.75 Å². The summed E-state index contributed by atoms with van der Waals surface area (Å²) in [5, 5.41) is 0. The molecule has 3 heteroatoms. The summed E-state index contributed by atoms with van der Waals surface area (Å²) >= 11 is 0. The maximum atomic E-state index is 5.30. The molecule has 0 N–H and O–H groups in total. The number of methoxy groups -OCH3 is 1. The van der Waals surface area contributed by atoms with Gasteiger partial charge in [0.25, 0.3) is 0 Å². The van der Waals surface area contributed by atoms with E-state index in [4.69, 9.17) is 4.74 Å². The predicted octanol–water partition coefficient (Wildman–Crippen LogP) is 2.40. The van der Waals surface area contributed by atoms with Crippen LogP contribution in [0.3, 0.4) is 0 Å². The molecule has 3 nitrogen and oxygen atoms in total. The van der Waals surface area contributed by atoms with Crippen LogP contribution in [0.1, 0.15) is 12.5 Å². The van der Waals surface area contributed by atoms with E-state index in [9.17, 15) is 0 Å². The second kappa shape index (κ2) is 4.39. The second-order valence-electron chi connectivity index (χ2n) is 3.89. The molecule has 2 rings (SSSR count). The molecule has 0 bridgehead atoms. The van der Waals surface area contributed by atoms with E-state index < -0.39 is 0 Å². The lowest BCUT2D eigenvalue weighted by Crippen LogP contribution is -2.18. The average Bonchev–Trinajstić information content (AvgIpc) is 2.59. The minimum atomic E-state index is 0.865. The minimum absolute atomic E-state index is 0.865. The van der Waals surface area contributed by atoms with Crippen molar-refractivity contribution in [2.75, 3.05) is 20.7 Å². The highest BCUT2D eigenvalue weighted by molar-refractivity contribution is 5.84. The molecule has 84 valence electrons. The Labute approximate surface area is 96.1 Å². The number of para-hydroxylation sites is 1. The molecule has 0 unspecified atom stereocenters. The Morgan fingerprint density at radius 3 is 2.75 bits per heavy atom. The number of likely N-dealkylation sites (N-methyl/N-ethyl adjacent to an activating group) is 1. The molecule has 0 aromatic heterocycles. The van der Waals surface area contributed by atoms with E-state index in [-0.39, 0.29) is 0 Å². The molecule has 16 heavy (non-hydrogen) atoms. The van der Waals surface area contributed by atoms with Gasteiger partial charge in [-0.25, -0.2) is 4.99 Å². The van der Waals surface area contributed by atoms with E-state index in [1.165, 1.54) is 0 Å². The topological polar surface area (TPSA) is 24.8 Å². The number of ether oxygens (including phenoxy) is 1. The molecular formula is C13H16N2O. The molecule has 1 aliphatic heterocycles. The molecular weight excluding hydrogens is 200 g/mol. The molecule has 1 heterocycles. The van der Waals surface area contributed by atoms with Gasteiger partial charge in [-0.1, -0.05) is 18.2 Å². The van der Waals surface area contributed by atoms with Crippen LogP contribution in [0.5, 0.6) is 5.75 Å². The fraction of sp³-hybridized carbons (Fsp3) is 0.308. The van der Waals surface area contributed by atoms with Gasteiger partial charge in [-0.2, -0.15) is 0 Å². The van der Waals surface area contributed by atoms with Crippen molar-refractivity contribution < 1.29 is 4.74 Å². The normalized spacial score (nSPS) is 17.8. The van der Waals surface area contributed by atoms with Gasteiger partial charge >= 0.3 is 0 Å². The average molecular weight is 216 g/mol. The van der Waals surface area contributed by atoms with Gasteiger partial charge in [-0.05, 0) is 19.1 Å². The van der Waals surface area contributed by atoms with Gasteiger partial charge in [0.2, 0.25) is 0 Å². The van der Waals surface area contributed by atoms with E-state index in [2.05, 4.69) is 16.0 Å². The number of hydrogen-bond donors (Lipinski definition) is 0. The zero-order chi connectivity index (χ0) is 11.5. The highest BCUT2D eigenvalue weighted by atomic mass is 16.5. The highest BCUT2D eigenvalue weighted by Crippen LogP contribution is 2.22. The maximum absolute atomic E-state index is 5.30. The third-order valence-corrected chi connectivity index (χ3v) is 2.72. The molecule has 0 fully saturated rings. The Kier molecular flexibility index (Phi) is 2.95. The van der Waals surface area contributed by atoms with E-state index in [0.717, 1.165) is 29.4 Å². The van der Waals surface area contributed by atoms with Crippen molar-refractivity contribution in [2.24, 2.45) is 4.99 Å². The molecule has 1 aromatic rings. The van der Waals surface area contributed by atoms with Gasteiger partial charge in [0, 0.05) is 12.6 Å². The Morgan fingerprint density at radius 2 is 2.12 bits per heavy atom. The standard InChI is InChI=1S/C13H16N2O/c1-10-14-12(9-15(10)2)8-11-6-4-5-7-13(11)16-3/h4-8H,9H2,1-3H3. The van der Waals surface area contributed by atoms with Crippen molar-refractivity contribution in [3.63, 3.8) is 0 Å². The monoisotopic (exact) mass is 216 g/mol. The maximum Gasteiger partial charge on any atom is 0.126 e.